The first kappa shape index (κ1) is 22.2. The molecule has 1 aliphatic heterocycles. The molecule has 0 radical (unpaired) electrons. The smallest absolute Gasteiger partial charge is 0.247 e. The van der Waals surface area contributed by atoms with Gasteiger partial charge in [0.05, 0.1) is 42.4 Å². The Morgan fingerprint density at radius 3 is 2.68 bits per heavy atom. The van der Waals surface area contributed by atoms with Crippen LogP contribution in [0.5, 0.6) is 0 Å². The molecule has 0 amide bonds. The van der Waals surface area contributed by atoms with Gasteiger partial charge in [0.1, 0.15) is 9.79 Å². The highest BCUT2D eigenvalue weighted by atomic mass is 79.9. The van der Waals surface area contributed by atoms with E-state index >= 15 is 0 Å². The lowest BCUT2D eigenvalue weighted by molar-refractivity contribution is 0.416. The molecule has 10 nitrogen and oxygen atoms in total. The number of anilines is 1. The lowest BCUT2D eigenvalue weighted by Crippen LogP contribution is -2.39. The van der Waals surface area contributed by atoms with Crippen LogP contribution in [0.3, 0.4) is 0 Å². The molecule has 31 heavy (non-hydrogen) atoms. The highest BCUT2D eigenvalue weighted by Gasteiger charge is 2.34. The van der Waals surface area contributed by atoms with Gasteiger partial charge in [-0.15, -0.1) is 5.10 Å². The molecule has 0 unspecified atom stereocenters. The number of benzene rings is 2. The Balaban J connectivity index is 1.59. The number of fused-ring (bicyclic) bond motifs is 1. The Morgan fingerprint density at radius 2 is 1.97 bits per heavy atom. The number of aromatic nitrogens is 3. The Kier molecular flexibility index (Phi) is 5.83. The first-order chi connectivity index (χ1) is 14.6. The fourth-order valence-electron chi connectivity index (χ4n) is 3.11. The van der Waals surface area contributed by atoms with Crippen LogP contribution < -0.4 is 10.5 Å². The third-order valence-corrected chi connectivity index (χ3v) is 8.60. The maximum atomic E-state index is 13.1. The maximum absolute atomic E-state index is 13.1. The van der Waals surface area contributed by atoms with Gasteiger partial charge in [-0.1, -0.05) is 50.9 Å². The molecule has 3 N–H and O–H groups in total. The summed E-state index contributed by atoms with van der Waals surface area (Å²) < 4.78 is 53.3. The minimum absolute atomic E-state index is 0.0442. The number of primary sulfonamides is 1. The Hall–Kier alpha value is -2.03. The predicted octanol–water partition coefficient (Wildman–Crippen LogP) is 1.96. The van der Waals surface area contributed by atoms with Crippen LogP contribution in [0.2, 0.25) is 5.02 Å². The zero-order chi connectivity index (χ0) is 22.4. The number of nitrogens with zero attached hydrogens (tertiary/aromatic N) is 4. The first-order valence-electron chi connectivity index (χ1n) is 8.78. The van der Waals surface area contributed by atoms with Gasteiger partial charge in [-0.2, -0.15) is 4.31 Å². The van der Waals surface area contributed by atoms with Crippen LogP contribution in [-0.2, 0) is 33.1 Å². The summed E-state index contributed by atoms with van der Waals surface area (Å²) in [7, 11) is -8.22. The van der Waals surface area contributed by atoms with Crippen LogP contribution in [0, 0.1) is 0 Å². The van der Waals surface area contributed by atoms with Gasteiger partial charge in [0.2, 0.25) is 20.0 Å². The summed E-state index contributed by atoms with van der Waals surface area (Å²) in [5.41, 5.74) is 1.63. The number of sulfonamides is 2. The fourth-order valence-corrected chi connectivity index (χ4v) is 6.19. The van der Waals surface area contributed by atoms with Crippen molar-refractivity contribution in [1.82, 2.24) is 19.3 Å². The van der Waals surface area contributed by atoms with E-state index in [1.807, 2.05) is 24.3 Å². The van der Waals surface area contributed by atoms with E-state index in [0.717, 1.165) is 20.4 Å². The molecule has 1 aliphatic rings. The minimum atomic E-state index is -4.20. The molecule has 14 heteroatoms. The molecule has 3 aromatic rings. The van der Waals surface area contributed by atoms with Crippen molar-refractivity contribution in [3.8, 4) is 0 Å². The summed E-state index contributed by atoms with van der Waals surface area (Å²) in [6.07, 6.45) is 1.65. The average Bonchev–Trinajstić information content (AvgIpc) is 3.12. The van der Waals surface area contributed by atoms with Gasteiger partial charge in [0.15, 0.2) is 0 Å². The molecule has 0 spiro atoms. The van der Waals surface area contributed by atoms with Gasteiger partial charge in [0, 0.05) is 4.47 Å². The van der Waals surface area contributed by atoms with Gasteiger partial charge in [-0.3, -0.25) is 0 Å². The predicted molar refractivity (Wildman–Crippen MR) is 117 cm³/mol. The third kappa shape index (κ3) is 4.47. The molecule has 0 atom stereocenters. The highest BCUT2D eigenvalue weighted by molar-refractivity contribution is 9.10. The molecule has 1 aromatic heterocycles. The van der Waals surface area contributed by atoms with Crippen molar-refractivity contribution in [3.63, 3.8) is 0 Å². The monoisotopic (exact) mass is 546 g/mol. The van der Waals surface area contributed by atoms with Crippen LogP contribution in [0.25, 0.3) is 0 Å². The summed E-state index contributed by atoms with van der Waals surface area (Å²) >= 11 is 9.43. The second kappa shape index (κ2) is 8.15. The standard InChI is InChI=1S/C17H16BrClN6O4S2/c18-13-4-2-1-3-11(13)7-24-8-12(22-23-24)9-25-10-21-15-5-14(19)16(30(20,26)27)6-17(15)31(25,28)29/h1-6,8,21H,7,9-10H2,(H2,20,26,27). The van der Waals surface area contributed by atoms with E-state index in [9.17, 15) is 16.8 Å². The topological polar surface area (TPSA) is 140 Å². The Morgan fingerprint density at radius 1 is 1.23 bits per heavy atom. The zero-order valence-corrected chi connectivity index (χ0v) is 19.7. The largest absolute Gasteiger partial charge is 0.370 e. The van der Waals surface area contributed by atoms with Crippen molar-refractivity contribution in [2.75, 3.05) is 12.0 Å². The molecular formula is C17H16BrClN6O4S2. The van der Waals surface area contributed by atoms with Gasteiger partial charge >= 0.3 is 0 Å². The van der Waals surface area contributed by atoms with E-state index in [1.165, 1.54) is 6.07 Å². The normalized spacial score (nSPS) is 16.0. The molecular weight excluding hydrogens is 532 g/mol. The number of halogens is 2. The van der Waals surface area contributed by atoms with Crippen molar-refractivity contribution in [2.45, 2.75) is 22.9 Å². The van der Waals surface area contributed by atoms with Crippen molar-refractivity contribution in [2.24, 2.45) is 5.14 Å². The zero-order valence-electron chi connectivity index (χ0n) is 15.7. The van der Waals surface area contributed by atoms with Crippen molar-refractivity contribution in [3.05, 3.63) is 63.3 Å². The third-order valence-electron chi connectivity index (χ3n) is 4.62. The maximum Gasteiger partial charge on any atom is 0.247 e. The van der Waals surface area contributed by atoms with E-state index in [1.54, 1.807) is 10.9 Å². The van der Waals surface area contributed by atoms with E-state index in [0.29, 0.717) is 12.2 Å². The fraction of sp³-hybridized carbons (Fsp3) is 0.176. The quantitative estimate of drug-likeness (QED) is 0.497. The molecule has 2 heterocycles. The molecule has 0 fully saturated rings. The number of nitrogens with one attached hydrogen (secondary N) is 1. The summed E-state index contributed by atoms with van der Waals surface area (Å²) in [6.45, 7) is 0.355. The lowest BCUT2D eigenvalue weighted by Gasteiger charge is -2.29. The minimum Gasteiger partial charge on any atom is -0.370 e. The summed E-state index contributed by atoms with van der Waals surface area (Å²) in [5, 5.41) is 16.0. The molecule has 164 valence electrons. The summed E-state index contributed by atoms with van der Waals surface area (Å²) in [4.78, 5) is -0.688. The molecule has 0 saturated carbocycles. The lowest BCUT2D eigenvalue weighted by atomic mass is 10.2. The second-order valence-electron chi connectivity index (χ2n) is 6.77. The molecule has 0 bridgehead atoms. The van der Waals surface area contributed by atoms with E-state index < -0.39 is 24.9 Å². The number of hydrogen-bond donors (Lipinski definition) is 2. The first-order valence-corrected chi connectivity index (χ1v) is 12.9. The number of hydrogen-bond acceptors (Lipinski definition) is 7. The van der Waals surface area contributed by atoms with Crippen molar-refractivity contribution in [1.29, 1.82) is 0 Å². The van der Waals surface area contributed by atoms with Crippen molar-refractivity contribution < 1.29 is 16.8 Å². The van der Waals surface area contributed by atoms with Crippen LogP contribution in [0.15, 0.2) is 56.9 Å². The Bertz CT molecular complexity index is 1380. The second-order valence-corrected chi connectivity index (χ2v) is 11.5. The van der Waals surface area contributed by atoms with E-state index in [2.05, 4.69) is 31.6 Å². The molecule has 0 saturated heterocycles. The Labute approximate surface area is 192 Å². The average molecular weight is 548 g/mol. The van der Waals surface area contributed by atoms with Crippen LogP contribution in [0.4, 0.5) is 5.69 Å². The van der Waals surface area contributed by atoms with Gasteiger partial charge in [-0.05, 0) is 23.8 Å². The molecule has 0 aliphatic carbocycles. The van der Waals surface area contributed by atoms with E-state index in [-0.39, 0.29) is 28.8 Å². The van der Waals surface area contributed by atoms with Crippen LogP contribution in [0.1, 0.15) is 11.3 Å². The number of rotatable bonds is 5. The van der Waals surface area contributed by atoms with Crippen LogP contribution >= 0.6 is 27.5 Å². The van der Waals surface area contributed by atoms with Crippen LogP contribution in [-0.4, -0.2) is 42.8 Å². The summed E-state index contributed by atoms with van der Waals surface area (Å²) in [5.74, 6) is 0. The van der Waals surface area contributed by atoms with E-state index in [4.69, 9.17) is 16.7 Å². The summed E-state index contributed by atoms with van der Waals surface area (Å²) in [6, 6.07) is 9.86. The molecule has 2 aromatic carbocycles. The SMILES string of the molecule is NS(=O)(=O)c1cc2c(cc1Cl)NCN(Cc1cn(Cc3ccccc3Br)nn1)S2(=O)=O. The van der Waals surface area contributed by atoms with Gasteiger partial charge < -0.3 is 5.32 Å². The molecule has 4 rings (SSSR count). The highest BCUT2D eigenvalue weighted by Crippen LogP contribution is 2.35. The number of nitrogens with two attached hydrogens (primary N) is 1. The van der Waals surface area contributed by atoms with Crippen molar-refractivity contribution >= 4 is 53.3 Å². The van der Waals surface area contributed by atoms with Gasteiger partial charge in [-0.25, -0.2) is 26.7 Å². The van der Waals surface area contributed by atoms with Gasteiger partial charge in [0.25, 0.3) is 0 Å².